The average Bonchev–Trinajstić information content (AvgIpc) is 2.66. The molecule has 0 fully saturated rings. The average molecular weight is 377 g/mol. The molecule has 1 aromatic rings. The SMILES string of the molecule is CCCCCC(O)CCCC(CCCc1ccc(C(=O)NN)cc1)C(C)=O. The van der Waals surface area contributed by atoms with E-state index in [1.165, 1.54) is 12.8 Å². The van der Waals surface area contributed by atoms with Gasteiger partial charge in [-0.15, -0.1) is 0 Å². The molecule has 0 radical (unpaired) electrons. The van der Waals surface area contributed by atoms with Crippen molar-refractivity contribution in [3.05, 3.63) is 35.4 Å². The van der Waals surface area contributed by atoms with Gasteiger partial charge in [0.15, 0.2) is 0 Å². The first-order chi connectivity index (χ1) is 13.0. The number of hydrogen-bond donors (Lipinski definition) is 3. The zero-order valence-corrected chi connectivity index (χ0v) is 16.9. The van der Waals surface area contributed by atoms with E-state index in [0.29, 0.717) is 5.56 Å². The van der Waals surface area contributed by atoms with E-state index in [1.807, 2.05) is 12.1 Å². The number of hydrazine groups is 1. The number of nitrogen functional groups attached to an aromatic ring is 1. The number of rotatable bonds is 14. The van der Waals surface area contributed by atoms with Crippen molar-refractivity contribution in [3.8, 4) is 0 Å². The summed E-state index contributed by atoms with van der Waals surface area (Å²) in [5, 5.41) is 10.0. The lowest BCUT2D eigenvalue weighted by Gasteiger charge is -2.15. The Morgan fingerprint density at radius 2 is 1.63 bits per heavy atom. The van der Waals surface area contributed by atoms with E-state index in [2.05, 4.69) is 12.3 Å². The van der Waals surface area contributed by atoms with Crippen LogP contribution < -0.4 is 11.3 Å². The van der Waals surface area contributed by atoms with Gasteiger partial charge in [-0.05, 0) is 63.1 Å². The lowest BCUT2D eigenvalue weighted by molar-refractivity contribution is -0.121. The molecule has 0 saturated heterocycles. The topological polar surface area (TPSA) is 92.4 Å². The molecule has 0 aromatic heterocycles. The van der Waals surface area contributed by atoms with Crippen LogP contribution in [0.4, 0.5) is 0 Å². The van der Waals surface area contributed by atoms with Crippen molar-refractivity contribution < 1.29 is 14.7 Å². The number of unbranched alkanes of at least 4 members (excludes halogenated alkanes) is 2. The van der Waals surface area contributed by atoms with Gasteiger partial charge in [0.1, 0.15) is 5.78 Å². The molecule has 1 aromatic carbocycles. The molecule has 2 atom stereocenters. The summed E-state index contributed by atoms with van der Waals surface area (Å²) in [7, 11) is 0. The van der Waals surface area contributed by atoms with Gasteiger partial charge in [-0.3, -0.25) is 15.0 Å². The number of benzene rings is 1. The van der Waals surface area contributed by atoms with Crippen LogP contribution in [0, 0.1) is 5.92 Å². The van der Waals surface area contributed by atoms with Gasteiger partial charge in [0.25, 0.3) is 5.91 Å². The van der Waals surface area contributed by atoms with E-state index in [1.54, 1.807) is 19.1 Å². The highest BCUT2D eigenvalue weighted by molar-refractivity contribution is 5.93. The minimum Gasteiger partial charge on any atom is -0.393 e. The molecule has 0 aliphatic heterocycles. The van der Waals surface area contributed by atoms with Crippen molar-refractivity contribution in [2.45, 2.75) is 84.2 Å². The Morgan fingerprint density at radius 3 is 2.22 bits per heavy atom. The number of aliphatic hydroxyl groups excluding tert-OH is 1. The molecule has 5 nitrogen and oxygen atoms in total. The van der Waals surface area contributed by atoms with Crippen molar-refractivity contribution in [1.82, 2.24) is 5.43 Å². The summed E-state index contributed by atoms with van der Waals surface area (Å²) in [6, 6.07) is 7.39. The molecule has 152 valence electrons. The number of aliphatic hydroxyl groups is 1. The summed E-state index contributed by atoms with van der Waals surface area (Å²) in [5.41, 5.74) is 3.81. The Bertz CT molecular complexity index is 557. The van der Waals surface area contributed by atoms with Gasteiger partial charge in [0, 0.05) is 11.5 Å². The van der Waals surface area contributed by atoms with Gasteiger partial charge in [-0.25, -0.2) is 5.84 Å². The van der Waals surface area contributed by atoms with Gasteiger partial charge >= 0.3 is 0 Å². The molecule has 2 unspecified atom stereocenters. The molecule has 1 rings (SSSR count). The highest BCUT2D eigenvalue weighted by Crippen LogP contribution is 2.20. The molecule has 4 N–H and O–H groups in total. The Labute approximate surface area is 163 Å². The second-order valence-corrected chi connectivity index (χ2v) is 7.45. The predicted octanol–water partition coefficient (Wildman–Crippen LogP) is 3.93. The number of Topliss-reactive ketones (excluding diaryl/α,β-unsaturated/α-hetero) is 1. The molecule has 5 heteroatoms. The first kappa shape index (κ1) is 23.3. The third kappa shape index (κ3) is 9.68. The monoisotopic (exact) mass is 376 g/mol. The maximum atomic E-state index is 11.9. The zero-order chi connectivity index (χ0) is 20.1. The Kier molecular flexibility index (Phi) is 11.6. The van der Waals surface area contributed by atoms with E-state index < -0.39 is 0 Å². The van der Waals surface area contributed by atoms with E-state index in [-0.39, 0.29) is 23.7 Å². The molecular formula is C22H36N2O3. The minimum absolute atomic E-state index is 0.0788. The summed E-state index contributed by atoms with van der Waals surface area (Å²) in [5.74, 6) is 5.15. The molecule has 0 aliphatic carbocycles. The van der Waals surface area contributed by atoms with E-state index >= 15 is 0 Å². The molecule has 0 aliphatic rings. The number of amides is 1. The summed E-state index contributed by atoms with van der Waals surface area (Å²) in [6.07, 6.45) is 9.30. The molecule has 27 heavy (non-hydrogen) atoms. The van der Waals surface area contributed by atoms with E-state index in [0.717, 1.165) is 56.9 Å². The molecule has 1 amide bonds. The lowest BCUT2D eigenvalue weighted by Crippen LogP contribution is -2.29. The first-order valence-corrected chi connectivity index (χ1v) is 10.3. The van der Waals surface area contributed by atoms with E-state index in [9.17, 15) is 14.7 Å². The lowest BCUT2D eigenvalue weighted by atomic mass is 9.90. The van der Waals surface area contributed by atoms with Crippen LogP contribution in [0.5, 0.6) is 0 Å². The Hall–Kier alpha value is -1.72. The number of carbonyl (C=O) groups excluding carboxylic acids is 2. The van der Waals surface area contributed by atoms with Crippen LogP contribution >= 0.6 is 0 Å². The number of carbonyl (C=O) groups is 2. The normalized spacial score (nSPS) is 13.2. The van der Waals surface area contributed by atoms with Crippen LogP contribution in [-0.2, 0) is 11.2 Å². The van der Waals surface area contributed by atoms with Crippen molar-refractivity contribution in [2.24, 2.45) is 11.8 Å². The molecule has 0 spiro atoms. The smallest absolute Gasteiger partial charge is 0.265 e. The van der Waals surface area contributed by atoms with Gasteiger partial charge in [0.05, 0.1) is 6.10 Å². The number of ketones is 1. The van der Waals surface area contributed by atoms with Crippen LogP contribution in [0.1, 0.15) is 87.6 Å². The van der Waals surface area contributed by atoms with Gasteiger partial charge in [-0.2, -0.15) is 0 Å². The number of hydrogen-bond acceptors (Lipinski definition) is 4. The quantitative estimate of drug-likeness (QED) is 0.198. The number of nitrogens with one attached hydrogen (secondary N) is 1. The van der Waals surface area contributed by atoms with Crippen molar-refractivity contribution in [2.75, 3.05) is 0 Å². The molecule has 0 bridgehead atoms. The van der Waals surface area contributed by atoms with Crippen LogP contribution in [-0.4, -0.2) is 22.9 Å². The Balaban J connectivity index is 2.32. The van der Waals surface area contributed by atoms with E-state index in [4.69, 9.17) is 5.84 Å². The minimum atomic E-state index is -0.296. The van der Waals surface area contributed by atoms with Crippen LogP contribution in [0.2, 0.25) is 0 Å². The van der Waals surface area contributed by atoms with Crippen LogP contribution in [0.3, 0.4) is 0 Å². The van der Waals surface area contributed by atoms with Gasteiger partial charge < -0.3 is 5.11 Å². The highest BCUT2D eigenvalue weighted by atomic mass is 16.3. The predicted molar refractivity (Wildman–Crippen MR) is 109 cm³/mol. The second-order valence-electron chi connectivity index (χ2n) is 7.45. The van der Waals surface area contributed by atoms with Gasteiger partial charge in [0.2, 0.25) is 0 Å². The maximum absolute atomic E-state index is 11.9. The summed E-state index contributed by atoms with van der Waals surface area (Å²) < 4.78 is 0. The summed E-state index contributed by atoms with van der Waals surface area (Å²) in [6.45, 7) is 3.83. The Morgan fingerprint density at radius 1 is 1.00 bits per heavy atom. The standard InChI is InChI=1S/C22H36N2O3/c1-3-4-5-11-21(26)12-7-10-19(17(2)25)9-6-8-18-13-15-20(16-14-18)22(27)24-23/h13-16,19,21,26H,3-12,23H2,1-2H3,(H,24,27). The van der Waals surface area contributed by atoms with Crippen LogP contribution in [0.25, 0.3) is 0 Å². The third-order valence-electron chi connectivity index (χ3n) is 5.17. The van der Waals surface area contributed by atoms with Crippen molar-refractivity contribution in [3.63, 3.8) is 0 Å². The van der Waals surface area contributed by atoms with Gasteiger partial charge in [-0.1, -0.05) is 44.7 Å². The fourth-order valence-electron chi connectivity index (χ4n) is 3.38. The van der Waals surface area contributed by atoms with Crippen molar-refractivity contribution in [1.29, 1.82) is 0 Å². The number of nitrogens with two attached hydrogens (primary N) is 1. The van der Waals surface area contributed by atoms with Crippen molar-refractivity contribution >= 4 is 11.7 Å². The van der Waals surface area contributed by atoms with Crippen LogP contribution in [0.15, 0.2) is 24.3 Å². The highest BCUT2D eigenvalue weighted by Gasteiger charge is 2.15. The maximum Gasteiger partial charge on any atom is 0.265 e. The fourth-order valence-corrected chi connectivity index (χ4v) is 3.38. The zero-order valence-electron chi connectivity index (χ0n) is 16.9. The largest absolute Gasteiger partial charge is 0.393 e. The summed E-state index contributed by atoms with van der Waals surface area (Å²) >= 11 is 0. The molecule has 0 heterocycles. The second kappa shape index (κ2) is 13.4. The number of aryl methyl sites for hydroxylation is 1. The first-order valence-electron chi connectivity index (χ1n) is 10.3. The summed E-state index contributed by atoms with van der Waals surface area (Å²) in [4.78, 5) is 23.3. The molecule has 0 saturated carbocycles. The molecular weight excluding hydrogens is 340 g/mol. The fraction of sp³-hybridized carbons (Fsp3) is 0.636. The third-order valence-corrected chi connectivity index (χ3v) is 5.17.